The molecule has 1 N–H and O–H groups in total. The van der Waals surface area contributed by atoms with Crippen LogP contribution in [-0.4, -0.2) is 21.1 Å². The smallest absolute Gasteiger partial charge is 0.243 e. The highest BCUT2D eigenvalue weighted by Crippen LogP contribution is 2.51. The van der Waals surface area contributed by atoms with Crippen LogP contribution in [0.5, 0.6) is 0 Å². The zero-order chi connectivity index (χ0) is 12.0. The molecule has 0 bridgehead atoms. The molecule has 1 atom stereocenters. The van der Waals surface area contributed by atoms with Crippen molar-refractivity contribution in [1.82, 2.24) is 14.6 Å². The van der Waals surface area contributed by atoms with Gasteiger partial charge in [0, 0.05) is 12.7 Å². The Labute approximate surface area is 101 Å². The second-order valence-electron chi connectivity index (χ2n) is 5.72. The molecule has 1 aliphatic rings. The van der Waals surface area contributed by atoms with Crippen LogP contribution >= 0.6 is 0 Å². The average molecular weight is 230 g/mol. The summed E-state index contributed by atoms with van der Waals surface area (Å²) in [6, 6.07) is 4.05. The van der Waals surface area contributed by atoms with Crippen molar-refractivity contribution in [2.24, 2.45) is 11.3 Å². The molecule has 4 nitrogen and oxygen atoms in total. The Morgan fingerprint density at radius 3 is 2.94 bits per heavy atom. The third-order valence-electron chi connectivity index (χ3n) is 3.70. The van der Waals surface area contributed by atoms with Gasteiger partial charge in [0.1, 0.15) is 0 Å². The molecule has 0 radical (unpaired) electrons. The predicted molar refractivity (Wildman–Crippen MR) is 68.1 cm³/mol. The summed E-state index contributed by atoms with van der Waals surface area (Å²) in [4.78, 5) is 4.44. The number of rotatable bonds is 3. The molecule has 17 heavy (non-hydrogen) atoms. The normalized spacial score (nSPS) is 21.7. The van der Waals surface area contributed by atoms with Gasteiger partial charge in [-0.25, -0.2) is 4.52 Å². The Morgan fingerprint density at radius 2 is 2.24 bits per heavy atom. The third kappa shape index (κ3) is 1.99. The fourth-order valence-corrected chi connectivity index (χ4v) is 2.20. The van der Waals surface area contributed by atoms with Crippen molar-refractivity contribution in [3.63, 3.8) is 0 Å². The van der Waals surface area contributed by atoms with Gasteiger partial charge in [0.25, 0.3) is 0 Å². The summed E-state index contributed by atoms with van der Waals surface area (Å²) in [6.45, 7) is 7.64. The van der Waals surface area contributed by atoms with Gasteiger partial charge in [-0.05, 0) is 36.3 Å². The fourth-order valence-electron chi connectivity index (χ4n) is 2.20. The largest absolute Gasteiger partial charge is 0.353 e. The summed E-state index contributed by atoms with van der Waals surface area (Å²) < 4.78 is 1.83. The predicted octanol–water partition coefficient (Wildman–Crippen LogP) is 2.50. The van der Waals surface area contributed by atoms with Gasteiger partial charge in [-0.2, -0.15) is 4.98 Å². The molecule has 0 amide bonds. The Bertz CT molecular complexity index is 556. The van der Waals surface area contributed by atoms with E-state index in [0.29, 0.717) is 5.41 Å². The number of hydrogen-bond acceptors (Lipinski definition) is 3. The Hall–Kier alpha value is -1.58. The second-order valence-corrected chi connectivity index (χ2v) is 5.72. The molecule has 0 spiro atoms. The van der Waals surface area contributed by atoms with Crippen molar-refractivity contribution in [3.05, 3.63) is 23.9 Å². The topological polar surface area (TPSA) is 42.2 Å². The number of nitrogens with one attached hydrogen (secondary N) is 1. The van der Waals surface area contributed by atoms with Gasteiger partial charge in [-0.15, -0.1) is 5.10 Å². The molecule has 2 aromatic heterocycles. The van der Waals surface area contributed by atoms with Gasteiger partial charge < -0.3 is 5.32 Å². The zero-order valence-corrected chi connectivity index (χ0v) is 10.6. The van der Waals surface area contributed by atoms with Crippen molar-refractivity contribution in [2.75, 3.05) is 11.9 Å². The molecular weight excluding hydrogens is 212 g/mol. The van der Waals surface area contributed by atoms with E-state index in [-0.39, 0.29) is 0 Å². The first-order valence-corrected chi connectivity index (χ1v) is 6.11. The van der Waals surface area contributed by atoms with Crippen LogP contribution in [-0.2, 0) is 0 Å². The molecule has 0 aromatic carbocycles. The van der Waals surface area contributed by atoms with Crippen molar-refractivity contribution >= 4 is 11.6 Å². The summed E-state index contributed by atoms with van der Waals surface area (Å²) >= 11 is 0. The molecular formula is C13H18N4. The fraction of sp³-hybridized carbons (Fsp3) is 0.538. The molecule has 4 heteroatoms. The van der Waals surface area contributed by atoms with Gasteiger partial charge in [0.2, 0.25) is 5.95 Å². The zero-order valence-electron chi connectivity index (χ0n) is 10.6. The molecule has 0 aliphatic heterocycles. The average Bonchev–Trinajstić information content (AvgIpc) is 2.71. The maximum Gasteiger partial charge on any atom is 0.243 e. The minimum absolute atomic E-state index is 0.503. The number of aryl methyl sites for hydroxylation is 1. The molecule has 1 unspecified atom stereocenters. The number of aromatic nitrogens is 3. The molecule has 2 aromatic rings. The van der Waals surface area contributed by atoms with Gasteiger partial charge in [-0.1, -0.05) is 19.9 Å². The Kier molecular flexibility index (Phi) is 2.15. The quantitative estimate of drug-likeness (QED) is 0.881. The van der Waals surface area contributed by atoms with Gasteiger partial charge in [0.05, 0.1) is 0 Å². The van der Waals surface area contributed by atoms with E-state index in [1.165, 1.54) is 12.0 Å². The third-order valence-corrected chi connectivity index (χ3v) is 3.70. The summed E-state index contributed by atoms with van der Waals surface area (Å²) in [7, 11) is 0. The second kappa shape index (κ2) is 3.45. The lowest BCUT2D eigenvalue weighted by atomic mass is 10.1. The molecule has 90 valence electrons. The van der Waals surface area contributed by atoms with E-state index in [4.69, 9.17) is 0 Å². The summed E-state index contributed by atoms with van der Waals surface area (Å²) in [5.41, 5.74) is 2.59. The van der Waals surface area contributed by atoms with Crippen LogP contribution in [0.25, 0.3) is 5.65 Å². The maximum absolute atomic E-state index is 4.44. The molecule has 1 saturated carbocycles. The lowest BCUT2D eigenvalue weighted by molar-refractivity contribution is 0.572. The van der Waals surface area contributed by atoms with E-state index in [1.54, 1.807) is 0 Å². The van der Waals surface area contributed by atoms with Crippen LogP contribution in [0, 0.1) is 18.3 Å². The minimum Gasteiger partial charge on any atom is -0.353 e. The highest BCUT2D eigenvalue weighted by molar-refractivity contribution is 5.44. The van der Waals surface area contributed by atoms with Crippen molar-refractivity contribution in [2.45, 2.75) is 27.2 Å². The van der Waals surface area contributed by atoms with E-state index in [0.717, 1.165) is 24.1 Å². The van der Waals surface area contributed by atoms with Crippen LogP contribution in [0.3, 0.4) is 0 Å². The summed E-state index contributed by atoms with van der Waals surface area (Å²) in [5, 5.41) is 7.74. The lowest BCUT2D eigenvalue weighted by Gasteiger charge is -2.02. The van der Waals surface area contributed by atoms with Crippen molar-refractivity contribution < 1.29 is 0 Å². The van der Waals surface area contributed by atoms with Crippen molar-refractivity contribution in [3.8, 4) is 0 Å². The Balaban J connectivity index is 1.73. The van der Waals surface area contributed by atoms with Crippen LogP contribution in [0.2, 0.25) is 0 Å². The van der Waals surface area contributed by atoms with Crippen LogP contribution in [0.1, 0.15) is 25.8 Å². The number of hydrogen-bond donors (Lipinski definition) is 1. The summed E-state index contributed by atoms with van der Waals surface area (Å²) in [5.74, 6) is 1.49. The van der Waals surface area contributed by atoms with E-state index in [1.807, 2.05) is 16.8 Å². The SMILES string of the molecule is Cc1ccc2nc(NCC3CC3(C)C)nn2c1. The maximum atomic E-state index is 4.44. The number of nitrogens with zero attached hydrogens (tertiary/aromatic N) is 3. The van der Waals surface area contributed by atoms with Gasteiger partial charge in [-0.3, -0.25) is 0 Å². The molecule has 1 fully saturated rings. The van der Waals surface area contributed by atoms with E-state index < -0.39 is 0 Å². The van der Waals surface area contributed by atoms with E-state index in [2.05, 4.69) is 42.2 Å². The molecule has 1 aliphatic carbocycles. The van der Waals surface area contributed by atoms with E-state index >= 15 is 0 Å². The standard InChI is InChI=1S/C13H18N4/c1-9-4-5-11-15-12(16-17(11)8-9)14-7-10-6-13(10,2)3/h4-5,8,10H,6-7H2,1-3H3,(H,14,16). The molecule has 3 rings (SSSR count). The first kappa shape index (κ1) is 10.6. The first-order valence-electron chi connectivity index (χ1n) is 6.11. The minimum atomic E-state index is 0.503. The molecule has 0 saturated heterocycles. The highest BCUT2D eigenvalue weighted by atomic mass is 15.3. The number of fused-ring (bicyclic) bond motifs is 1. The number of anilines is 1. The Morgan fingerprint density at radius 1 is 1.47 bits per heavy atom. The monoisotopic (exact) mass is 230 g/mol. The van der Waals surface area contributed by atoms with Gasteiger partial charge >= 0.3 is 0 Å². The summed E-state index contributed by atoms with van der Waals surface area (Å²) in [6.07, 6.45) is 3.29. The van der Waals surface area contributed by atoms with Crippen molar-refractivity contribution in [1.29, 1.82) is 0 Å². The highest BCUT2D eigenvalue weighted by Gasteiger charge is 2.45. The van der Waals surface area contributed by atoms with Crippen LogP contribution in [0.4, 0.5) is 5.95 Å². The van der Waals surface area contributed by atoms with Gasteiger partial charge in [0.15, 0.2) is 5.65 Å². The first-order chi connectivity index (χ1) is 8.04. The molecule has 2 heterocycles. The lowest BCUT2D eigenvalue weighted by Crippen LogP contribution is -2.08. The van der Waals surface area contributed by atoms with E-state index in [9.17, 15) is 0 Å². The van der Waals surface area contributed by atoms with Crippen LogP contribution < -0.4 is 5.32 Å². The van der Waals surface area contributed by atoms with Crippen LogP contribution in [0.15, 0.2) is 18.3 Å². The number of pyridine rings is 1.